The number of hydrogen-bond acceptors (Lipinski definition) is 7. The largest absolute Gasteiger partial charge is 0.404 e. The lowest BCUT2D eigenvalue weighted by atomic mass is 10.1. The number of likely N-dealkylation sites (N-methyl/N-ethyl adjacent to an activating group) is 1. The molecule has 0 saturated carbocycles. The number of hydrogen-bond donors (Lipinski definition) is 1. The van der Waals surface area contributed by atoms with E-state index in [0.29, 0.717) is 12.2 Å². The molecule has 0 radical (unpaired) electrons. The third-order valence-electron chi connectivity index (χ3n) is 4.10. The minimum absolute atomic E-state index is 0.195. The van der Waals surface area contributed by atoms with Gasteiger partial charge >= 0.3 is 0 Å². The molecular weight excluding hydrogens is 342 g/mol. The van der Waals surface area contributed by atoms with E-state index in [2.05, 4.69) is 46.4 Å². The first-order valence-electron chi connectivity index (χ1n) is 8.74. The number of aromatic nitrogens is 7. The van der Waals surface area contributed by atoms with Crippen molar-refractivity contribution in [2.75, 3.05) is 18.6 Å². The van der Waals surface area contributed by atoms with Gasteiger partial charge in [-0.05, 0) is 51.1 Å². The van der Waals surface area contributed by atoms with Crippen molar-refractivity contribution in [3.8, 4) is 0 Å². The van der Waals surface area contributed by atoms with Crippen molar-refractivity contribution in [3.63, 3.8) is 0 Å². The number of allylic oxidation sites excluding steroid dienone is 1. The summed E-state index contributed by atoms with van der Waals surface area (Å²) in [6, 6.07) is 3.78. The molecule has 27 heavy (non-hydrogen) atoms. The van der Waals surface area contributed by atoms with Crippen LogP contribution in [0.15, 0.2) is 30.6 Å². The van der Waals surface area contributed by atoms with Gasteiger partial charge in [0, 0.05) is 25.0 Å². The van der Waals surface area contributed by atoms with E-state index >= 15 is 0 Å². The minimum Gasteiger partial charge on any atom is -0.404 e. The Morgan fingerprint density at radius 1 is 1.26 bits per heavy atom. The molecule has 0 bridgehead atoms. The van der Waals surface area contributed by atoms with Gasteiger partial charge in [0.1, 0.15) is 11.2 Å². The van der Waals surface area contributed by atoms with Crippen molar-refractivity contribution < 1.29 is 0 Å². The molecule has 0 aliphatic heterocycles. The summed E-state index contributed by atoms with van der Waals surface area (Å²) in [5.41, 5.74) is 9.68. The van der Waals surface area contributed by atoms with E-state index in [1.54, 1.807) is 17.2 Å². The first-order valence-corrected chi connectivity index (χ1v) is 8.74. The van der Waals surface area contributed by atoms with E-state index in [0.717, 1.165) is 22.5 Å². The van der Waals surface area contributed by atoms with Crippen LogP contribution >= 0.6 is 0 Å². The zero-order chi connectivity index (χ0) is 19.6. The van der Waals surface area contributed by atoms with E-state index in [-0.39, 0.29) is 5.54 Å². The normalized spacial score (nSPS) is 13.0. The number of nitrogens with zero attached hydrogens (tertiary/aromatic N) is 8. The summed E-state index contributed by atoms with van der Waals surface area (Å²) in [4.78, 5) is 5.92. The van der Waals surface area contributed by atoms with E-state index in [9.17, 15) is 0 Å². The van der Waals surface area contributed by atoms with Crippen LogP contribution < -0.4 is 10.7 Å². The summed E-state index contributed by atoms with van der Waals surface area (Å²) in [6.07, 6.45) is 7.23. The third-order valence-corrected chi connectivity index (χ3v) is 4.10. The average molecular weight is 367 g/mol. The summed E-state index contributed by atoms with van der Waals surface area (Å²) >= 11 is 0. The van der Waals surface area contributed by atoms with Gasteiger partial charge in [-0.1, -0.05) is 11.3 Å². The smallest absolute Gasteiger partial charge is 0.204 e. The minimum atomic E-state index is -0.195. The molecule has 0 aromatic carbocycles. The molecule has 3 heterocycles. The van der Waals surface area contributed by atoms with Gasteiger partial charge in [0.05, 0.1) is 17.8 Å². The topological polar surface area (TPSA) is 104 Å². The van der Waals surface area contributed by atoms with E-state index < -0.39 is 0 Å². The van der Waals surface area contributed by atoms with Crippen LogP contribution in [0.4, 0.5) is 0 Å². The summed E-state index contributed by atoms with van der Waals surface area (Å²) < 4.78 is 1.90. The van der Waals surface area contributed by atoms with Crippen LogP contribution in [0.1, 0.15) is 39.1 Å². The van der Waals surface area contributed by atoms with Crippen molar-refractivity contribution in [2.24, 2.45) is 5.73 Å². The molecule has 9 heteroatoms. The van der Waals surface area contributed by atoms with Crippen molar-refractivity contribution in [2.45, 2.75) is 33.2 Å². The van der Waals surface area contributed by atoms with Crippen LogP contribution in [0.5, 0.6) is 0 Å². The van der Waals surface area contributed by atoms with Crippen molar-refractivity contribution in [1.29, 1.82) is 0 Å². The first kappa shape index (κ1) is 18.6. The van der Waals surface area contributed by atoms with E-state index in [1.165, 1.54) is 0 Å². The van der Waals surface area contributed by atoms with Crippen molar-refractivity contribution in [3.05, 3.63) is 42.0 Å². The highest BCUT2D eigenvalue weighted by atomic mass is 15.7. The summed E-state index contributed by atoms with van der Waals surface area (Å²) in [5.74, 6) is 0. The fraction of sp³-hybridized carbons (Fsp3) is 0.389. The molecule has 0 saturated heterocycles. The molecule has 2 N–H and O–H groups in total. The second-order valence-corrected chi connectivity index (χ2v) is 7.24. The second kappa shape index (κ2) is 7.18. The predicted octanol–water partition coefficient (Wildman–Crippen LogP) is 1.77. The molecule has 0 unspecified atom stereocenters. The lowest BCUT2D eigenvalue weighted by Crippen LogP contribution is -2.33. The first-order chi connectivity index (χ1) is 12.9. The zero-order valence-electron chi connectivity index (χ0n) is 16.3. The van der Waals surface area contributed by atoms with Gasteiger partial charge in [-0.3, -0.25) is 5.01 Å². The van der Waals surface area contributed by atoms with Gasteiger partial charge in [0.25, 0.3) is 0 Å². The fourth-order valence-corrected chi connectivity index (χ4v) is 2.85. The predicted molar refractivity (Wildman–Crippen MR) is 106 cm³/mol. The highest BCUT2D eigenvalue weighted by Gasteiger charge is 2.23. The Balaban J connectivity index is 1.96. The molecule has 0 fully saturated rings. The molecule has 3 aromatic rings. The fourth-order valence-electron chi connectivity index (χ4n) is 2.85. The highest BCUT2D eigenvalue weighted by Crippen LogP contribution is 2.24. The Labute approximate surface area is 158 Å². The van der Waals surface area contributed by atoms with Gasteiger partial charge in [0.15, 0.2) is 0 Å². The van der Waals surface area contributed by atoms with Crippen molar-refractivity contribution >= 4 is 22.8 Å². The molecule has 0 atom stereocenters. The Bertz CT molecular complexity index is 988. The standard InChI is InChI=1S/C18H25N9/c1-6-8-14-16(21-23-26(14)18(2,3)4)13(11-19)12-25(5)27-15-9-7-10-20-17(15)22-24-27/h6-11H,12,19H2,1-5H3/b8-6-,13-11-. The molecular formula is C18H25N9. The second-order valence-electron chi connectivity index (χ2n) is 7.24. The summed E-state index contributed by atoms with van der Waals surface area (Å²) in [5, 5.41) is 18.9. The maximum Gasteiger partial charge on any atom is 0.204 e. The molecule has 3 aromatic heterocycles. The number of nitrogens with two attached hydrogens (primary N) is 1. The maximum absolute atomic E-state index is 5.96. The zero-order valence-corrected chi connectivity index (χ0v) is 16.3. The van der Waals surface area contributed by atoms with Gasteiger partial charge in [0.2, 0.25) is 5.65 Å². The van der Waals surface area contributed by atoms with Crippen molar-refractivity contribution in [1.82, 2.24) is 35.1 Å². The lowest BCUT2D eigenvalue weighted by Gasteiger charge is -2.22. The van der Waals surface area contributed by atoms with Crippen LogP contribution in [0.3, 0.4) is 0 Å². The molecule has 0 spiro atoms. The molecule has 0 aliphatic carbocycles. The third kappa shape index (κ3) is 3.53. The van der Waals surface area contributed by atoms with Crippen LogP contribution in [-0.4, -0.2) is 48.7 Å². The summed E-state index contributed by atoms with van der Waals surface area (Å²) in [7, 11) is 1.91. The Hall–Kier alpha value is -3.23. The monoisotopic (exact) mass is 367 g/mol. The van der Waals surface area contributed by atoms with Crippen LogP contribution in [0.25, 0.3) is 22.8 Å². The quantitative estimate of drug-likeness (QED) is 0.733. The van der Waals surface area contributed by atoms with Gasteiger partial charge < -0.3 is 5.73 Å². The van der Waals surface area contributed by atoms with Crippen LogP contribution in [0.2, 0.25) is 0 Å². The average Bonchev–Trinajstić information content (AvgIpc) is 3.24. The Morgan fingerprint density at radius 2 is 2.04 bits per heavy atom. The Kier molecular flexibility index (Phi) is 4.93. The molecule has 3 rings (SSSR count). The molecule has 0 amide bonds. The van der Waals surface area contributed by atoms with Crippen LogP contribution in [-0.2, 0) is 5.54 Å². The van der Waals surface area contributed by atoms with E-state index in [4.69, 9.17) is 5.73 Å². The maximum atomic E-state index is 5.96. The summed E-state index contributed by atoms with van der Waals surface area (Å²) in [6.45, 7) is 8.72. The van der Waals surface area contributed by atoms with Crippen LogP contribution in [0, 0.1) is 0 Å². The van der Waals surface area contributed by atoms with Gasteiger partial charge in [-0.2, -0.15) is 4.79 Å². The Morgan fingerprint density at radius 3 is 2.70 bits per heavy atom. The molecule has 142 valence electrons. The van der Waals surface area contributed by atoms with Gasteiger partial charge in [-0.25, -0.2) is 9.67 Å². The SMILES string of the molecule is C/C=C\c1c(/C(=C\N)CN(C)n2nnc3ncccc32)nnn1C(C)(C)C. The molecule has 9 nitrogen and oxygen atoms in total. The van der Waals surface area contributed by atoms with Gasteiger partial charge in [-0.15, -0.1) is 10.2 Å². The molecule has 0 aliphatic rings. The highest BCUT2D eigenvalue weighted by molar-refractivity contribution is 5.73. The number of pyridine rings is 1. The number of rotatable bonds is 5. The van der Waals surface area contributed by atoms with E-state index in [1.807, 2.05) is 47.9 Å². The lowest BCUT2D eigenvalue weighted by molar-refractivity contribution is 0.344. The number of fused-ring (bicyclic) bond motifs is 1.